The zero-order valence-corrected chi connectivity index (χ0v) is 11.4. The molecule has 1 aliphatic rings. The van der Waals surface area contributed by atoms with Crippen molar-refractivity contribution in [2.45, 2.75) is 26.2 Å². The molecule has 0 spiro atoms. The molecule has 0 N–H and O–H groups in total. The van der Waals surface area contributed by atoms with Crippen molar-refractivity contribution in [2.75, 3.05) is 24.6 Å². The van der Waals surface area contributed by atoms with E-state index in [2.05, 4.69) is 4.90 Å². The first-order chi connectivity index (χ1) is 8.70. The molecule has 3 nitrogen and oxygen atoms in total. The number of anilines is 1. The van der Waals surface area contributed by atoms with Gasteiger partial charge >= 0.3 is 5.97 Å². The van der Waals surface area contributed by atoms with Gasteiger partial charge in [-0.1, -0.05) is 11.6 Å². The topological polar surface area (TPSA) is 29.5 Å². The maximum Gasteiger partial charge on any atom is 0.325 e. The Labute approximate surface area is 113 Å². The molecular formula is C14H18ClNO2. The van der Waals surface area contributed by atoms with Crippen molar-refractivity contribution in [1.29, 1.82) is 0 Å². The number of benzene rings is 1. The van der Waals surface area contributed by atoms with Crippen molar-refractivity contribution >= 4 is 23.3 Å². The minimum atomic E-state index is -0.166. The Balaban J connectivity index is 2.19. The first-order valence-corrected chi connectivity index (χ1v) is 6.77. The second kappa shape index (κ2) is 6.10. The van der Waals surface area contributed by atoms with Crippen LogP contribution in [0.2, 0.25) is 5.02 Å². The summed E-state index contributed by atoms with van der Waals surface area (Å²) >= 11 is 6.02. The van der Waals surface area contributed by atoms with E-state index >= 15 is 0 Å². The Morgan fingerprint density at radius 1 is 1.44 bits per heavy atom. The van der Waals surface area contributed by atoms with E-state index in [1.807, 2.05) is 25.1 Å². The second-order valence-corrected chi connectivity index (χ2v) is 4.89. The second-order valence-electron chi connectivity index (χ2n) is 4.46. The van der Waals surface area contributed by atoms with Crippen molar-refractivity contribution in [3.8, 4) is 0 Å². The highest BCUT2D eigenvalue weighted by atomic mass is 35.5. The highest BCUT2D eigenvalue weighted by Gasteiger charge is 2.18. The first kappa shape index (κ1) is 13.2. The molecule has 18 heavy (non-hydrogen) atoms. The monoisotopic (exact) mass is 267 g/mol. The molecule has 0 saturated heterocycles. The predicted octanol–water partition coefficient (Wildman–Crippen LogP) is 3.05. The van der Waals surface area contributed by atoms with E-state index in [1.165, 1.54) is 5.56 Å². The van der Waals surface area contributed by atoms with Gasteiger partial charge in [0.05, 0.1) is 6.61 Å². The predicted molar refractivity (Wildman–Crippen MR) is 73.2 cm³/mol. The van der Waals surface area contributed by atoms with E-state index in [0.717, 1.165) is 36.5 Å². The molecule has 98 valence electrons. The fraction of sp³-hybridized carbons (Fsp3) is 0.500. The fourth-order valence-electron chi connectivity index (χ4n) is 2.33. The summed E-state index contributed by atoms with van der Waals surface area (Å²) in [6, 6.07) is 5.88. The first-order valence-electron chi connectivity index (χ1n) is 6.39. The third-order valence-electron chi connectivity index (χ3n) is 3.13. The minimum absolute atomic E-state index is 0.166. The molecule has 0 aromatic heterocycles. The van der Waals surface area contributed by atoms with Gasteiger partial charge in [-0.2, -0.15) is 0 Å². The zero-order chi connectivity index (χ0) is 13.0. The Hall–Kier alpha value is -1.22. The molecule has 1 aliphatic heterocycles. The molecule has 0 unspecified atom stereocenters. The van der Waals surface area contributed by atoms with Crippen LogP contribution in [0.25, 0.3) is 0 Å². The molecule has 4 heteroatoms. The van der Waals surface area contributed by atoms with Gasteiger partial charge in [-0.15, -0.1) is 0 Å². The molecule has 0 fully saturated rings. The molecule has 0 bridgehead atoms. The molecule has 0 aliphatic carbocycles. The number of carbonyl (C=O) groups is 1. The van der Waals surface area contributed by atoms with Gasteiger partial charge in [-0.3, -0.25) is 4.79 Å². The summed E-state index contributed by atoms with van der Waals surface area (Å²) in [6.45, 7) is 3.48. The maximum atomic E-state index is 11.6. The minimum Gasteiger partial charge on any atom is -0.465 e. The average Bonchev–Trinajstić information content (AvgIpc) is 2.52. The van der Waals surface area contributed by atoms with Gasteiger partial charge in [0.2, 0.25) is 0 Å². The lowest BCUT2D eigenvalue weighted by Gasteiger charge is -2.23. The summed E-state index contributed by atoms with van der Waals surface area (Å²) in [7, 11) is 0. The Morgan fingerprint density at radius 3 is 3.06 bits per heavy atom. The number of halogens is 1. The van der Waals surface area contributed by atoms with E-state index in [-0.39, 0.29) is 5.97 Å². The van der Waals surface area contributed by atoms with Gasteiger partial charge in [0.25, 0.3) is 0 Å². The molecule has 1 heterocycles. The van der Waals surface area contributed by atoms with Crippen molar-refractivity contribution in [3.63, 3.8) is 0 Å². The molecule has 1 aromatic carbocycles. The van der Waals surface area contributed by atoms with Crippen molar-refractivity contribution in [1.82, 2.24) is 0 Å². The number of esters is 1. The van der Waals surface area contributed by atoms with Crippen molar-refractivity contribution in [2.24, 2.45) is 0 Å². The van der Waals surface area contributed by atoms with E-state index in [0.29, 0.717) is 13.2 Å². The molecule has 0 amide bonds. The van der Waals surface area contributed by atoms with Gasteiger partial charge in [-0.25, -0.2) is 0 Å². The summed E-state index contributed by atoms with van der Waals surface area (Å²) in [5, 5.41) is 0.756. The van der Waals surface area contributed by atoms with Crippen LogP contribution in [0.4, 0.5) is 5.69 Å². The van der Waals surface area contributed by atoms with E-state index in [1.54, 1.807) is 0 Å². The van der Waals surface area contributed by atoms with Crippen LogP contribution in [0.15, 0.2) is 18.2 Å². The number of ether oxygens (including phenoxy) is 1. The molecule has 0 atom stereocenters. The molecule has 0 radical (unpaired) electrons. The zero-order valence-electron chi connectivity index (χ0n) is 10.6. The highest BCUT2D eigenvalue weighted by molar-refractivity contribution is 6.30. The summed E-state index contributed by atoms with van der Waals surface area (Å²) in [6.07, 6.45) is 3.24. The normalized spacial score (nSPS) is 14.9. The summed E-state index contributed by atoms with van der Waals surface area (Å²) in [4.78, 5) is 13.7. The highest BCUT2D eigenvalue weighted by Crippen LogP contribution is 2.28. The van der Waals surface area contributed by atoms with Crippen molar-refractivity contribution in [3.05, 3.63) is 28.8 Å². The fourth-order valence-corrected chi connectivity index (χ4v) is 2.52. The van der Waals surface area contributed by atoms with E-state index in [4.69, 9.17) is 16.3 Å². The Bertz CT molecular complexity index is 434. The van der Waals surface area contributed by atoms with Crippen LogP contribution >= 0.6 is 11.6 Å². The number of carbonyl (C=O) groups excluding carboxylic acids is 1. The number of hydrogen-bond acceptors (Lipinski definition) is 3. The van der Waals surface area contributed by atoms with Crippen LogP contribution in [0, 0.1) is 0 Å². The van der Waals surface area contributed by atoms with Crippen LogP contribution in [-0.4, -0.2) is 25.7 Å². The molecule has 2 rings (SSSR count). The lowest BCUT2D eigenvalue weighted by molar-refractivity contribution is -0.141. The quantitative estimate of drug-likeness (QED) is 0.789. The van der Waals surface area contributed by atoms with Crippen LogP contribution in [-0.2, 0) is 16.0 Å². The SMILES string of the molecule is CCOC(=O)CN1CCCCc2cc(Cl)ccc21. The summed E-state index contributed by atoms with van der Waals surface area (Å²) < 4.78 is 5.02. The molecule has 0 saturated carbocycles. The average molecular weight is 268 g/mol. The smallest absolute Gasteiger partial charge is 0.325 e. The number of rotatable bonds is 3. The molecule has 1 aromatic rings. The Kier molecular flexibility index (Phi) is 4.48. The van der Waals surface area contributed by atoms with Gasteiger partial charge in [-0.05, 0) is 49.9 Å². The third kappa shape index (κ3) is 3.16. The van der Waals surface area contributed by atoms with Crippen LogP contribution in [0.1, 0.15) is 25.3 Å². The lowest BCUT2D eigenvalue weighted by atomic mass is 10.1. The van der Waals surface area contributed by atoms with Crippen LogP contribution in [0.3, 0.4) is 0 Å². The van der Waals surface area contributed by atoms with E-state index in [9.17, 15) is 4.79 Å². The van der Waals surface area contributed by atoms with E-state index < -0.39 is 0 Å². The molecular weight excluding hydrogens is 250 g/mol. The maximum absolute atomic E-state index is 11.6. The Morgan fingerprint density at radius 2 is 2.28 bits per heavy atom. The lowest BCUT2D eigenvalue weighted by Crippen LogP contribution is -2.31. The standard InChI is InChI=1S/C14H18ClNO2/c1-2-18-14(17)10-16-8-4-3-5-11-9-12(15)6-7-13(11)16/h6-7,9H,2-5,8,10H2,1H3. The van der Waals surface area contributed by atoms with Crippen LogP contribution < -0.4 is 4.90 Å². The number of nitrogens with zero attached hydrogens (tertiary/aromatic N) is 1. The van der Waals surface area contributed by atoms with Crippen molar-refractivity contribution < 1.29 is 9.53 Å². The third-order valence-corrected chi connectivity index (χ3v) is 3.37. The number of aryl methyl sites for hydroxylation is 1. The van der Waals surface area contributed by atoms with Gasteiger partial charge in [0.1, 0.15) is 6.54 Å². The van der Waals surface area contributed by atoms with Gasteiger partial charge < -0.3 is 9.64 Å². The van der Waals surface area contributed by atoms with Gasteiger partial charge in [0.15, 0.2) is 0 Å². The largest absolute Gasteiger partial charge is 0.465 e. The number of fused-ring (bicyclic) bond motifs is 1. The summed E-state index contributed by atoms with van der Waals surface area (Å²) in [5.41, 5.74) is 2.34. The summed E-state index contributed by atoms with van der Waals surface area (Å²) in [5.74, 6) is -0.166. The van der Waals surface area contributed by atoms with Gasteiger partial charge in [0, 0.05) is 17.3 Å². The number of hydrogen-bond donors (Lipinski definition) is 0. The van der Waals surface area contributed by atoms with Crippen LogP contribution in [0.5, 0.6) is 0 Å².